The van der Waals surface area contributed by atoms with Crippen molar-refractivity contribution in [3.63, 3.8) is 0 Å². The third-order valence-corrected chi connectivity index (χ3v) is 3.69. The first-order valence-corrected chi connectivity index (χ1v) is 7.01. The van der Waals surface area contributed by atoms with E-state index in [0.717, 1.165) is 5.56 Å². The van der Waals surface area contributed by atoms with Crippen LogP contribution in [0.3, 0.4) is 0 Å². The van der Waals surface area contributed by atoms with E-state index < -0.39 is 12.0 Å². The number of fused-ring (bicyclic) bond motifs is 1. The van der Waals surface area contributed by atoms with E-state index in [4.69, 9.17) is 20.3 Å². The van der Waals surface area contributed by atoms with Crippen LogP contribution in [0.1, 0.15) is 18.9 Å². The standard InChI is InChI=1S/C15H20N2O5/c1-9(17(2)15(20)11(16)7-14(18)19)5-10-3-4-12-13(6-10)22-8-21-12/h3-4,6,9,11H,5,7-8,16H2,1-2H3,(H,18,19). The van der Waals surface area contributed by atoms with Crippen LogP contribution in [-0.4, -0.2) is 47.8 Å². The molecule has 1 aliphatic heterocycles. The molecule has 0 spiro atoms. The van der Waals surface area contributed by atoms with Crippen LogP contribution in [0, 0.1) is 0 Å². The molecule has 2 unspecified atom stereocenters. The van der Waals surface area contributed by atoms with Crippen LogP contribution in [0.2, 0.25) is 0 Å². The van der Waals surface area contributed by atoms with Gasteiger partial charge in [-0.25, -0.2) is 0 Å². The van der Waals surface area contributed by atoms with E-state index in [1.807, 2.05) is 25.1 Å². The predicted molar refractivity (Wildman–Crippen MR) is 78.7 cm³/mol. The zero-order chi connectivity index (χ0) is 16.3. The number of hydrogen-bond acceptors (Lipinski definition) is 5. The van der Waals surface area contributed by atoms with Gasteiger partial charge in [0.25, 0.3) is 0 Å². The number of nitrogens with two attached hydrogens (primary N) is 1. The van der Waals surface area contributed by atoms with Gasteiger partial charge < -0.3 is 25.2 Å². The zero-order valence-electron chi connectivity index (χ0n) is 12.6. The normalized spacial score (nSPS) is 15.2. The summed E-state index contributed by atoms with van der Waals surface area (Å²) in [7, 11) is 1.63. The number of likely N-dealkylation sites (N-methyl/N-ethyl adjacent to an activating group) is 1. The Morgan fingerprint density at radius 1 is 1.36 bits per heavy atom. The monoisotopic (exact) mass is 308 g/mol. The van der Waals surface area contributed by atoms with Crippen molar-refractivity contribution in [2.45, 2.75) is 31.8 Å². The quantitative estimate of drug-likeness (QED) is 0.798. The fourth-order valence-electron chi connectivity index (χ4n) is 2.30. The Kier molecular flexibility index (Phi) is 4.87. The van der Waals surface area contributed by atoms with E-state index in [1.165, 1.54) is 4.90 Å². The molecular weight excluding hydrogens is 288 g/mol. The molecule has 0 radical (unpaired) electrons. The lowest BCUT2D eigenvalue weighted by atomic mass is 10.0. The minimum Gasteiger partial charge on any atom is -0.481 e. The van der Waals surface area contributed by atoms with Crippen LogP contribution in [0.25, 0.3) is 0 Å². The Bertz CT molecular complexity index is 575. The second kappa shape index (κ2) is 6.65. The molecule has 7 nitrogen and oxygen atoms in total. The molecule has 1 heterocycles. The second-order valence-corrected chi connectivity index (χ2v) is 5.39. The van der Waals surface area contributed by atoms with Gasteiger partial charge in [0.1, 0.15) is 0 Å². The highest BCUT2D eigenvalue weighted by Gasteiger charge is 2.24. The highest BCUT2D eigenvalue weighted by atomic mass is 16.7. The summed E-state index contributed by atoms with van der Waals surface area (Å²) in [6.07, 6.45) is 0.235. The molecule has 0 saturated carbocycles. The summed E-state index contributed by atoms with van der Waals surface area (Å²) in [6.45, 7) is 2.10. The Morgan fingerprint density at radius 3 is 2.73 bits per heavy atom. The second-order valence-electron chi connectivity index (χ2n) is 5.39. The van der Waals surface area contributed by atoms with Crippen molar-refractivity contribution in [2.75, 3.05) is 13.8 Å². The maximum Gasteiger partial charge on any atom is 0.305 e. The molecule has 1 aromatic carbocycles. The van der Waals surface area contributed by atoms with Gasteiger partial charge in [0.2, 0.25) is 12.7 Å². The summed E-state index contributed by atoms with van der Waals surface area (Å²) in [5.41, 5.74) is 6.62. The molecule has 22 heavy (non-hydrogen) atoms. The third-order valence-electron chi connectivity index (χ3n) is 3.69. The number of carbonyl (C=O) groups is 2. The number of benzene rings is 1. The van der Waals surface area contributed by atoms with Crippen molar-refractivity contribution >= 4 is 11.9 Å². The maximum atomic E-state index is 12.1. The first-order chi connectivity index (χ1) is 10.4. The van der Waals surface area contributed by atoms with Crippen LogP contribution >= 0.6 is 0 Å². The smallest absolute Gasteiger partial charge is 0.305 e. The van der Waals surface area contributed by atoms with Gasteiger partial charge in [-0.1, -0.05) is 6.07 Å². The van der Waals surface area contributed by atoms with E-state index >= 15 is 0 Å². The highest BCUT2D eigenvalue weighted by Crippen LogP contribution is 2.32. The summed E-state index contributed by atoms with van der Waals surface area (Å²) in [6, 6.07) is 4.49. The number of carboxylic acid groups (broad SMARTS) is 1. The molecule has 120 valence electrons. The zero-order valence-corrected chi connectivity index (χ0v) is 12.6. The Labute approximate surface area is 128 Å². The molecule has 2 atom stereocenters. The van der Waals surface area contributed by atoms with Gasteiger partial charge in [0.15, 0.2) is 11.5 Å². The molecule has 1 aromatic rings. The van der Waals surface area contributed by atoms with E-state index in [1.54, 1.807) is 7.05 Å². The van der Waals surface area contributed by atoms with Crippen LogP contribution in [0.4, 0.5) is 0 Å². The van der Waals surface area contributed by atoms with Crippen molar-refractivity contribution in [1.29, 1.82) is 0 Å². The summed E-state index contributed by atoms with van der Waals surface area (Å²) in [5.74, 6) is -0.0566. The number of carbonyl (C=O) groups excluding carboxylic acids is 1. The molecule has 1 amide bonds. The van der Waals surface area contributed by atoms with Crippen molar-refractivity contribution in [2.24, 2.45) is 5.73 Å². The summed E-state index contributed by atoms with van der Waals surface area (Å²) in [5, 5.41) is 8.70. The number of amides is 1. The number of aliphatic carboxylic acids is 1. The highest BCUT2D eigenvalue weighted by molar-refractivity contribution is 5.86. The predicted octanol–water partition coefficient (Wildman–Crippen LogP) is 0.607. The molecule has 7 heteroatoms. The molecule has 0 saturated heterocycles. The van der Waals surface area contributed by atoms with Gasteiger partial charge >= 0.3 is 5.97 Å². The van der Waals surface area contributed by atoms with E-state index in [2.05, 4.69) is 0 Å². The molecule has 0 bridgehead atoms. The average Bonchev–Trinajstić information content (AvgIpc) is 2.92. The first kappa shape index (κ1) is 16.1. The Balaban J connectivity index is 1.97. The number of hydrogen-bond donors (Lipinski definition) is 2. The van der Waals surface area contributed by atoms with Gasteiger partial charge in [-0.05, 0) is 31.0 Å². The summed E-state index contributed by atoms with van der Waals surface area (Å²) < 4.78 is 10.6. The largest absolute Gasteiger partial charge is 0.481 e. The Morgan fingerprint density at radius 2 is 2.05 bits per heavy atom. The number of rotatable bonds is 6. The van der Waals surface area contributed by atoms with Gasteiger partial charge in [0, 0.05) is 13.1 Å². The molecule has 0 fully saturated rings. The maximum absolute atomic E-state index is 12.1. The van der Waals surface area contributed by atoms with E-state index in [-0.39, 0.29) is 25.2 Å². The lowest BCUT2D eigenvalue weighted by molar-refractivity contribution is -0.142. The fourth-order valence-corrected chi connectivity index (χ4v) is 2.30. The van der Waals surface area contributed by atoms with Gasteiger partial charge in [-0.3, -0.25) is 9.59 Å². The van der Waals surface area contributed by atoms with E-state index in [9.17, 15) is 9.59 Å². The third kappa shape index (κ3) is 3.67. The SMILES string of the molecule is CC(Cc1ccc2c(c1)OCO2)N(C)C(=O)C(N)CC(=O)O. The van der Waals surface area contributed by atoms with Crippen molar-refractivity contribution in [3.05, 3.63) is 23.8 Å². The van der Waals surface area contributed by atoms with Crippen molar-refractivity contribution < 1.29 is 24.2 Å². The van der Waals surface area contributed by atoms with Crippen LogP contribution in [0.5, 0.6) is 11.5 Å². The summed E-state index contributed by atoms with van der Waals surface area (Å²) >= 11 is 0. The molecular formula is C15H20N2O5. The number of carboxylic acids is 1. The van der Waals surface area contributed by atoms with Crippen molar-refractivity contribution in [1.82, 2.24) is 4.90 Å². The lowest BCUT2D eigenvalue weighted by Gasteiger charge is -2.27. The fraction of sp³-hybridized carbons (Fsp3) is 0.467. The molecule has 0 aliphatic carbocycles. The number of ether oxygens (including phenoxy) is 2. The van der Waals surface area contributed by atoms with Crippen LogP contribution < -0.4 is 15.2 Å². The van der Waals surface area contributed by atoms with Crippen molar-refractivity contribution in [3.8, 4) is 11.5 Å². The van der Waals surface area contributed by atoms with Crippen LogP contribution in [0.15, 0.2) is 18.2 Å². The molecule has 2 rings (SSSR count). The minimum atomic E-state index is -1.09. The number of nitrogens with zero attached hydrogens (tertiary/aromatic N) is 1. The molecule has 1 aliphatic rings. The van der Waals surface area contributed by atoms with Gasteiger partial charge in [-0.2, -0.15) is 0 Å². The Hall–Kier alpha value is -2.28. The van der Waals surface area contributed by atoms with Gasteiger partial charge in [-0.15, -0.1) is 0 Å². The lowest BCUT2D eigenvalue weighted by Crippen LogP contribution is -2.47. The average molecular weight is 308 g/mol. The van der Waals surface area contributed by atoms with Crippen LogP contribution in [-0.2, 0) is 16.0 Å². The molecule has 3 N–H and O–H groups in total. The molecule has 0 aromatic heterocycles. The summed E-state index contributed by atoms with van der Waals surface area (Å²) in [4.78, 5) is 24.2. The minimum absolute atomic E-state index is 0.118. The van der Waals surface area contributed by atoms with Gasteiger partial charge in [0.05, 0.1) is 12.5 Å². The van der Waals surface area contributed by atoms with E-state index in [0.29, 0.717) is 17.9 Å². The topological polar surface area (TPSA) is 102 Å². The first-order valence-electron chi connectivity index (χ1n) is 7.01.